The normalized spacial score (nSPS) is 18.2. The molecule has 0 bridgehead atoms. The summed E-state index contributed by atoms with van der Waals surface area (Å²) in [6.07, 6.45) is 6.00. The van der Waals surface area contributed by atoms with Crippen molar-refractivity contribution in [2.24, 2.45) is 11.8 Å². The summed E-state index contributed by atoms with van der Waals surface area (Å²) in [5.74, 6) is -0.143. The van der Waals surface area contributed by atoms with Gasteiger partial charge in [-0.25, -0.2) is 0 Å². The molecular formula is C30H38N2O4. The monoisotopic (exact) mass is 490 g/mol. The van der Waals surface area contributed by atoms with Crippen molar-refractivity contribution in [1.29, 1.82) is 0 Å². The first-order valence-corrected chi connectivity index (χ1v) is 13.3. The molecule has 4 rings (SSSR count). The van der Waals surface area contributed by atoms with Crippen LogP contribution < -0.4 is 4.90 Å². The summed E-state index contributed by atoms with van der Waals surface area (Å²) in [7, 11) is 0. The quantitative estimate of drug-likeness (QED) is 0.485. The van der Waals surface area contributed by atoms with Gasteiger partial charge in [0, 0.05) is 24.7 Å². The number of ether oxygens (including phenoxy) is 1. The van der Waals surface area contributed by atoms with E-state index in [0.717, 1.165) is 55.3 Å². The van der Waals surface area contributed by atoms with Crippen LogP contribution in [0.4, 0.5) is 5.69 Å². The van der Waals surface area contributed by atoms with E-state index in [1.807, 2.05) is 35.2 Å². The van der Waals surface area contributed by atoms with E-state index in [0.29, 0.717) is 26.2 Å². The molecule has 2 fully saturated rings. The summed E-state index contributed by atoms with van der Waals surface area (Å²) >= 11 is 0. The highest BCUT2D eigenvalue weighted by Gasteiger charge is 2.30. The molecule has 1 saturated carbocycles. The lowest BCUT2D eigenvalue weighted by atomic mass is 9.97. The van der Waals surface area contributed by atoms with Gasteiger partial charge >= 0.3 is 5.97 Å². The lowest BCUT2D eigenvalue weighted by Crippen LogP contribution is -2.43. The number of hydrogen-bond acceptors (Lipinski definition) is 4. The molecule has 1 heterocycles. The Labute approximate surface area is 214 Å². The number of anilines is 1. The van der Waals surface area contributed by atoms with Crippen molar-refractivity contribution in [2.45, 2.75) is 65.3 Å². The minimum atomic E-state index is -0.234. The minimum Gasteiger partial charge on any atom is -0.466 e. The standard InChI is InChI=1S/C30H38N2O4/c1-3-36-30(35)26-12-7-17-31(21-26)28(33)19-23-13-15-27(16-14-23)32(29(34)25-10-4-5-11-25)20-24-9-6-8-22(2)18-24/h6,8-9,13-16,18,25-26H,3-5,7,10-12,17,19-21H2,1-2H3/t26-/m0/s1. The third-order valence-electron chi connectivity index (χ3n) is 7.39. The van der Waals surface area contributed by atoms with Gasteiger partial charge in [-0.05, 0) is 62.8 Å². The SMILES string of the molecule is CCOC(=O)[C@H]1CCCN(C(=O)Cc2ccc(N(Cc3cccc(C)c3)C(=O)C3CCCC3)cc2)C1. The van der Waals surface area contributed by atoms with E-state index in [2.05, 4.69) is 25.1 Å². The molecule has 2 aliphatic rings. The average Bonchev–Trinajstić information content (AvgIpc) is 3.43. The molecule has 6 heteroatoms. The molecule has 2 aromatic rings. The Morgan fingerprint density at radius 2 is 1.67 bits per heavy atom. The zero-order valence-corrected chi connectivity index (χ0v) is 21.6. The van der Waals surface area contributed by atoms with Crippen molar-refractivity contribution in [2.75, 3.05) is 24.6 Å². The molecule has 0 aromatic heterocycles. The fourth-order valence-electron chi connectivity index (χ4n) is 5.42. The lowest BCUT2D eigenvalue weighted by Gasteiger charge is -2.31. The van der Waals surface area contributed by atoms with Crippen molar-refractivity contribution in [3.63, 3.8) is 0 Å². The van der Waals surface area contributed by atoms with Gasteiger partial charge in [-0.15, -0.1) is 0 Å². The Balaban J connectivity index is 1.44. The summed E-state index contributed by atoms with van der Waals surface area (Å²) < 4.78 is 5.16. The lowest BCUT2D eigenvalue weighted by molar-refractivity contribution is -0.151. The van der Waals surface area contributed by atoms with Gasteiger partial charge in [-0.3, -0.25) is 14.4 Å². The van der Waals surface area contributed by atoms with Crippen LogP contribution in [0.2, 0.25) is 0 Å². The number of esters is 1. The van der Waals surface area contributed by atoms with Gasteiger partial charge in [0.05, 0.1) is 25.5 Å². The summed E-state index contributed by atoms with van der Waals surface area (Å²) in [6.45, 7) is 5.87. The Morgan fingerprint density at radius 3 is 2.36 bits per heavy atom. The zero-order chi connectivity index (χ0) is 25.5. The fourth-order valence-corrected chi connectivity index (χ4v) is 5.42. The maximum absolute atomic E-state index is 13.5. The van der Waals surface area contributed by atoms with E-state index in [9.17, 15) is 14.4 Å². The van der Waals surface area contributed by atoms with Crippen LogP contribution in [0.5, 0.6) is 0 Å². The summed E-state index contributed by atoms with van der Waals surface area (Å²) in [5, 5.41) is 0. The molecular weight excluding hydrogens is 452 g/mol. The van der Waals surface area contributed by atoms with Gasteiger partial charge in [0.25, 0.3) is 0 Å². The first-order chi connectivity index (χ1) is 17.4. The van der Waals surface area contributed by atoms with Gasteiger partial charge in [0.1, 0.15) is 0 Å². The molecule has 0 radical (unpaired) electrons. The number of amides is 2. The highest BCUT2D eigenvalue weighted by atomic mass is 16.5. The number of carbonyl (C=O) groups is 3. The van der Waals surface area contributed by atoms with Gasteiger partial charge in [0.2, 0.25) is 11.8 Å². The van der Waals surface area contributed by atoms with Crippen molar-refractivity contribution < 1.29 is 19.1 Å². The molecule has 192 valence electrons. The molecule has 0 unspecified atom stereocenters. The highest BCUT2D eigenvalue weighted by molar-refractivity contribution is 5.95. The van der Waals surface area contributed by atoms with Crippen LogP contribution in [0.3, 0.4) is 0 Å². The molecule has 1 aliphatic heterocycles. The van der Waals surface area contributed by atoms with Crippen molar-refractivity contribution >= 4 is 23.5 Å². The Kier molecular flexibility index (Phi) is 8.79. The number of carbonyl (C=O) groups excluding carboxylic acids is 3. The first kappa shape index (κ1) is 25.9. The maximum Gasteiger partial charge on any atom is 0.310 e. The molecule has 36 heavy (non-hydrogen) atoms. The molecule has 1 aliphatic carbocycles. The fraction of sp³-hybridized carbons (Fsp3) is 0.500. The second-order valence-corrected chi connectivity index (χ2v) is 10.2. The molecule has 1 saturated heterocycles. The number of benzene rings is 2. The van der Waals surface area contributed by atoms with E-state index in [1.165, 1.54) is 5.56 Å². The van der Waals surface area contributed by atoms with Crippen LogP contribution in [0, 0.1) is 18.8 Å². The van der Waals surface area contributed by atoms with E-state index in [4.69, 9.17) is 4.74 Å². The predicted octanol–water partition coefficient (Wildman–Crippen LogP) is 5.06. The van der Waals surface area contributed by atoms with Gasteiger partial charge in [-0.1, -0.05) is 54.8 Å². The Hall–Kier alpha value is -3.15. The number of nitrogens with zero attached hydrogens (tertiary/aromatic N) is 2. The number of hydrogen-bond donors (Lipinski definition) is 0. The second-order valence-electron chi connectivity index (χ2n) is 10.2. The summed E-state index contributed by atoms with van der Waals surface area (Å²) in [5.41, 5.74) is 4.06. The highest BCUT2D eigenvalue weighted by Crippen LogP contribution is 2.30. The second kappa shape index (κ2) is 12.2. The van der Waals surface area contributed by atoms with Crippen LogP contribution in [0.15, 0.2) is 48.5 Å². The molecule has 0 spiro atoms. The van der Waals surface area contributed by atoms with Gasteiger partial charge in [0.15, 0.2) is 0 Å². The molecule has 6 nitrogen and oxygen atoms in total. The smallest absolute Gasteiger partial charge is 0.310 e. The van der Waals surface area contributed by atoms with Crippen LogP contribution in [-0.2, 0) is 32.1 Å². The molecule has 2 amide bonds. The Morgan fingerprint density at radius 1 is 0.944 bits per heavy atom. The number of piperidine rings is 1. The number of likely N-dealkylation sites (tertiary alicyclic amines) is 1. The minimum absolute atomic E-state index is 0.0235. The van der Waals surface area contributed by atoms with E-state index < -0.39 is 0 Å². The number of aryl methyl sites for hydroxylation is 1. The third-order valence-corrected chi connectivity index (χ3v) is 7.39. The van der Waals surface area contributed by atoms with Gasteiger partial charge in [-0.2, -0.15) is 0 Å². The van der Waals surface area contributed by atoms with Crippen molar-refractivity contribution in [1.82, 2.24) is 4.90 Å². The summed E-state index contributed by atoms with van der Waals surface area (Å²) in [4.78, 5) is 42.3. The molecule has 2 aromatic carbocycles. The van der Waals surface area contributed by atoms with E-state index >= 15 is 0 Å². The van der Waals surface area contributed by atoms with Crippen LogP contribution >= 0.6 is 0 Å². The molecule has 0 N–H and O–H groups in total. The largest absolute Gasteiger partial charge is 0.466 e. The Bertz CT molecular complexity index is 1060. The van der Waals surface area contributed by atoms with Gasteiger partial charge < -0.3 is 14.5 Å². The zero-order valence-electron chi connectivity index (χ0n) is 21.6. The van der Waals surface area contributed by atoms with Crippen LogP contribution in [0.25, 0.3) is 0 Å². The van der Waals surface area contributed by atoms with Crippen LogP contribution in [-0.4, -0.2) is 42.4 Å². The maximum atomic E-state index is 13.5. The van der Waals surface area contributed by atoms with Crippen molar-refractivity contribution in [3.8, 4) is 0 Å². The predicted molar refractivity (Wildman–Crippen MR) is 140 cm³/mol. The number of rotatable bonds is 8. The average molecular weight is 491 g/mol. The first-order valence-electron chi connectivity index (χ1n) is 13.3. The summed E-state index contributed by atoms with van der Waals surface area (Å²) in [6, 6.07) is 16.1. The van der Waals surface area contributed by atoms with Crippen molar-refractivity contribution in [3.05, 3.63) is 65.2 Å². The molecule has 1 atom stereocenters. The van der Waals surface area contributed by atoms with E-state index in [-0.39, 0.29) is 36.0 Å². The third kappa shape index (κ3) is 6.54. The van der Waals surface area contributed by atoms with E-state index in [1.54, 1.807) is 11.8 Å². The van der Waals surface area contributed by atoms with Crippen LogP contribution in [0.1, 0.15) is 62.1 Å². The topological polar surface area (TPSA) is 66.9 Å².